The molecule has 0 unspecified atom stereocenters. The van der Waals surface area contributed by atoms with Gasteiger partial charge in [-0.25, -0.2) is 0 Å². The van der Waals surface area contributed by atoms with E-state index in [1.165, 1.54) is 5.56 Å². The Hall–Kier alpha value is -3.24. The van der Waals surface area contributed by atoms with Crippen molar-refractivity contribution in [1.82, 2.24) is 14.5 Å². The molecule has 0 aliphatic heterocycles. The Kier molecular flexibility index (Phi) is 6.05. The van der Waals surface area contributed by atoms with Gasteiger partial charge >= 0.3 is 0 Å². The van der Waals surface area contributed by atoms with Crippen LogP contribution in [0, 0.1) is 0 Å². The first-order chi connectivity index (χ1) is 14.6. The molecule has 2 aromatic heterocycles. The largest absolute Gasteiger partial charge is 0.309 e. The van der Waals surface area contributed by atoms with Gasteiger partial charge in [0.15, 0.2) is 0 Å². The average molecular weight is 398 g/mol. The summed E-state index contributed by atoms with van der Waals surface area (Å²) >= 11 is 0. The second-order valence-corrected chi connectivity index (χ2v) is 7.96. The highest BCUT2D eigenvalue weighted by Crippen LogP contribution is 2.18. The summed E-state index contributed by atoms with van der Waals surface area (Å²) in [5.41, 5.74) is 5.26. The van der Waals surface area contributed by atoms with Crippen molar-refractivity contribution in [3.05, 3.63) is 106 Å². The molecule has 4 rings (SSSR count). The van der Waals surface area contributed by atoms with Crippen LogP contribution in [0.15, 0.2) is 83.8 Å². The topological polar surface area (TPSA) is 38.1 Å². The van der Waals surface area contributed by atoms with Crippen LogP contribution in [0.5, 0.6) is 0 Å². The number of fused-ring (bicyclic) bond motifs is 1. The van der Waals surface area contributed by atoms with E-state index in [2.05, 4.69) is 43.3 Å². The monoisotopic (exact) mass is 397 g/mol. The van der Waals surface area contributed by atoms with Crippen molar-refractivity contribution in [1.29, 1.82) is 0 Å². The van der Waals surface area contributed by atoms with Gasteiger partial charge < -0.3 is 4.90 Å². The van der Waals surface area contributed by atoms with Gasteiger partial charge in [-0.15, -0.1) is 0 Å². The van der Waals surface area contributed by atoms with Gasteiger partial charge in [-0.3, -0.25) is 14.3 Å². The predicted molar refractivity (Wildman–Crippen MR) is 123 cm³/mol. The Bertz CT molecular complexity index is 1200. The zero-order valence-electron chi connectivity index (χ0n) is 17.6. The van der Waals surface area contributed by atoms with Gasteiger partial charge in [0.1, 0.15) is 0 Å². The molecule has 0 spiro atoms. The first-order valence-electron chi connectivity index (χ1n) is 10.4. The molecule has 0 atom stereocenters. The van der Waals surface area contributed by atoms with Crippen molar-refractivity contribution < 1.29 is 0 Å². The molecule has 0 saturated carbocycles. The Morgan fingerprint density at radius 2 is 1.63 bits per heavy atom. The van der Waals surface area contributed by atoms with Gasteiger partial charge in [0, 0.05) is 42.0 Å². The first kappa shape index (κ1) is 20.0. The number of aryl methyl sites for hydroxylation is 2. The zero-order valence-corrected chi connectivity index (χ0v) is 17.6. The first-order valence-corrected chi connectivity index (χ1v) is 10.4. The van der Waals surface area contributed by atoms with E-state index in [-0.39, 0.29) is 5.56 Å². The van der Waals surface area contributed by atoms with Crippen molar-refractivity contribution in [3.8, 4) is 5.69 Å². The summed E-state index contributed by atoms with van der Waals surface area (Å²) < 4.78 is 1.70. The van der Waals surface area contributed by atoms with Crippen LogP contribution in [-0.4, -0.2) is 35.1 Å². The van der Waals surface area contributed by atoms with E-state index in [1.54, 1.807) is 10.6 Å². The van der Waals surface area contributed by atoms with E-state index in [0.717, 1.165) is 53.7 Å². The highest BCUT2D eigenvalue weighted by Gasteiger charge is 2.05. The van der Waals surface area contributed by atoms with Crippen LogP contribution in [-0.2, 0) is 19.3 Å². The minimum absolute atomic E-state index is 0.00419. The fraction of sp³-hybridized carbons (Fsp3) is 0.231. The maximum absolute atomic E-state index is 12.7. The standard InChI is InChI=1S/C26H27N3O/c1-28(2)16-15-23-11-10-22-19-24(12-13-25(22)27-23)29-17-14-21(18-26(29)30)9-8-20-6-4-3-5-7-20/h3-7,10-14,17-19H,8-9,15-16H2,1-2H3. The molecule has 0 amide bonds. The number of likely N-dealkylation sites (N-methyl/N-ethyl adjacent to an activating group) is 1. The third kappa shape index (κ3) is 4.84. The molecule has 4 aromatic rings. The summed E-state index contributed by atoms with van der Waals surface area (Å²) in [5.74, 6) is 0. The summed E-state index contributed by atoms with van der Waals surface area (Å²) in [6, 6.07) is 24.3. The molecule has 2 aromatic carbocycles. The molecule has 0 saturated heterocycles. The van der Waals surface area contributed by atoms with Crippen LogP contribution in [0.25, 0.3) is 16.6 Å². The molecule has 0 bridgehead atoms. The van der Waals surface area contributed by atoms with Gasteiger partial charge in [0.05, 0.1) is 5.52 Å². The molecule has 0 N–H and O–H groups in total. The molecule has 0 fully saturated rings. The summed E-state index contributed by atoms with van der Waals surface area (Å²) in [6.45, 7) is 0.975. The number of rotatable bonds is 7. The molecule has 152 valence electrons. The van der Waals surface area contributed by atoms with Crippen LogP contribution in [0.3, 0.4) is 0 Å². The van der Waals surface area contributed by atoms with E-state index in [0.29, 0.717) is 0 Å². The maximum atomic E-state index is 12.7. The minimum atomic E-state index is -0.00419. The highest BCUT2D eigenvalue weighted by molar-refractivity contribution is 5.81. The molecule has 4 nitrogen and oxygen atoms in total. The minimum Gasteiger partial charge on any atom is -0.309 e. The van der Waals surface area contributed by atoms with Gasteiger partial charge in [-0.2, -0.15) is 0 Å². The summed E-state index contributed by atoms with van der Waals surface area (Å²) in [5, 5.41) is 1.04. The normalized spacial score (nSPS) is 11.3. The Labute approximate surface area is 177 Å². The lowest BCUT2D eigenvalue weighted by Gasteiger charge is -2.11. The summed E-state index contributed by atoms with van der Waals surface area (Å²) in [6.07, 6.45) is 4.59. The van der Waals surface area contributed by atoms with Crippen molar-refractivity contribution in [3.63, 3.8) is 0 Å². The molecule has 0 radical (unpaired) electrons. The second kappa shape index (κ2) is 9.06. The quantitative estimate of drug-likeness (QED) is 0.467. The molecule has 30 heavy (non-hydrogen) atoms. The molecule has 4 heteroatoms. The molecule has 0 aliphatic carbocycles. The smallest absolute Gasteiger partial charge is 0.255 e. The van der Waals surface area contributed by atoms with Crippen LogP contribution in [0.1, 0.15) is 16.8 Å². The number of aromatic nitrogens is 2. The van der Waals surface area contributed by atoms with E-state index < -0.39 is 0 Å². The van der Waals surface area contributed by atoms with E-state index in [9.17, 15) is 4.79 Å². The van der Waals surface area contributed by atoms with E-state index in [4.69, 9.17) is 4.98 Å². The van der Waals surface area contributed by atoms with Gasteiger partial charge in [0.25, 0.3) is 5.56 Å². The van der Waals surface area contributed by atoms with Crippen LogP contribution in [0.4, 0.5) is 0 Å². The van der Waals surface area contributed by atoms with Gasteiger partial charge in [-0.05, 0) is 68.4 Å². The summed E-state index contributed by atoms with van der Waals surface area (Å²) in [4.78, 5) is 19.6. The number of hydrogen-bond donors (Lipinski definition) is 0. The number of benzene rings is 2. The van der Waals surface area contributed by atoms with Crippen LogP contribution in [0.2, 0.25) is 0 Å². The van der Waals surface area contributed by atoms with Crippen LogP contribution >= 0.6 is 0 Å². The van der Waals surface area contributed by atoms with Gasteiger partial charge in [0.2, 0.25) is 0 Å². The van der Waals surface area contributed by atoms with Crippen molar-refractivity contribution >= 4 is 10.9 Å². The molecular formula is C26H27N3O. The Balaban J connectivity index is 1.52. The van der Waals surface area contributed by atoms with Gasteiger partial charge in [-0.1, -0.05) is 36.4 Å². The average Bonchev–Trinajstić information content (AvgIpc) is 2.76. The lowest BCUT2D eigenvalue weighted by atomic mass is 10.1. The number of pyridine rings is 2. The number of hydrogen-bond acceptors (Lipinski definition) is 3. The molecule has 2 heterocycles. The fourth-order valence-electron chi connectivity index (χ4n) is 3.60. The van der Waals surface area contributed by atoms with Crippen molar-refractivity contribution in [2.45, 2.75) is 19.3 Å². The fourth-order valence-corrected chi connectivity index (χ4v) is 3.60. The predicted octanol–water partition coefficient (Wildman–Crippen LogP) is 4.28. The second-order valence-electron chi connectivity index (χ2n) is 7.96. The number of nitrogens with zero attached hydrogens (tertiary/aromatic N) is 3. The third-order valence-corrected chi connectivity index (χ3v) is 5.35. The lowest BCUT2D eigenvalue weighted by Crippen LogP contribution is -2.17. The van der Waals surface area contributed by atoms with Crippen molar-refractivity contribution in [2.75, 3.05) is 20.6 Å². The SMILES string of the molecule is CN(C)CCc1ccc2cc(-n3ccc(CCc4ccccc4)cc3=O)ccc2n1. The Morgan fingerprint density at radius 3 is 2.40 bits per heavy atom. The van der Waals surface area contributed by atoms with E-state index >= 15 is 0 Å². The third-order valence-electron chi connectivity index (χ3n) is 5.35. The zero-order chi connectivity index (χ0) is 20.9. The lowest BCUT2D eigenvalue weighted by molar-refractivity contribution is 0.412. The van der Waals surface area contributed by atoms with E-state index in [1.807, 2.05) is 48.7 Å². The Morgan fingerprint density at radius 1 is 0.833 bits per heavy atom. The van der Waals surface area contributed by atoms with Crippen molar-refractivity contribution in [2.24, 2.45) is 0 Å². The maximum Gasteiger partial charge on any atom is 0.255 e. The highest BCUT2D eigenvalue weighted by atomic mass is 16.1. The van der Waals surface area contributed by atoms with Crippen LogP contribution < -0.4 is 5.56 Å². The summed E-state index contributed by atoms with van der Waals surface area (Å²) in [7, 11) is 4.13. The molecule has 0 aliphatic rings. The molecular weight excluding hydrogens is 370 g/mol.